The van der Waals surface area contributed by atoms with Crippen molar-refractivity contribution in [3.8, 4) is 0 Å². The van der Waals surface area contributed by atoms with Crippen molar-refractivity contribution in [2.24, 2.45) is 11.5 Å². The topological polar surface area (TPSA) is 72.3 Å². The Morgan fingerprint density at radius 1 is 1.22 bits per heavy atom. The number of amides is 1. The molecule has 0 aromatic carbocycles. The maximum atomic E-state index is 9.97. The average molecular weight is 130 g/mol. The molecule has 9 heavy (non-hydrogen) atoms. The molecule has 0 atom stereocenters. The van der Waals surface area contributed by atoms with Gasteiger partial charge < -0.3 is 16.4 Å². The van der Waals surface area contributed by atoms with Gasteiger partial charge in [-0.3, -0.25) is 4.79 Å². The Labute approximate surface area is 54.8 Å². The molecule has 0 spiro atoms. The van der Waals surface area contributed by atoms with Crippen LogP contribution in [0.4, 0.5) is 0 Å². The summed E-state index contributed by atoms with van der Waals surface area (Å²) in [5, 5.41) is 0. The minimum absolute atomic E-state index is 0.468. The van der Waals surface area contributed by atoms with E-state index in [-0.39, 0.29) is 0 Å². The van der Waals surface area contributed by atoms with Gasteiger partial charge in [0.05, 0.1) is 0 Å². The molecule has 0 aliphatic carbocycles. The summed E-state index contributed by atoms with van der Waals surface area (Å²) in [5.41, 5.74) is 10.3. The van der Waals surface area contributed by atoms with E-state index in [1.807, 2.05) is 0 Å². The fourth-order valence-corrected chi connectivity index (χ4v) is 0.515. The lowest BCUT2D eigenvalue weighted by molar-refractivity contribution is 0.393. The molecule has 1 radical (unpaired) electrons. The zero-order valence-electron chi connectivity index (χ0n) is 5.34. The van der Waals surface area contributed by atoms with Crippen LogP contribution in [0.3, 0.4) is 0 Å². The van der Waals surface area contributed by atoms with E-state index in [1.54, 1.807) is 6.41 Å². The first-order valence-electron chi connectivity index (χ1n) is 2.88. The maximum absolute atomic E-state index is 9.97. The van der Waals surface area contributed by atoms with Gasteiger partial charge >= 0.3 is 6.41 Å². The van der Waals surface area contributed by atoms with E-state index in [2.05, 4.69) is 0 Å². The van der Waals surface area contributed by atoms with Crippen molar-refractivity contribution in [1.29, 1.82) is 0 Å². The van der Waals surface area contributed by atoms with Gasteiger partial charge in [-0.1, -0.05) is 0 Å². The first-order chi connectivity index (χ1) is 4.35. The molecular weight excluding hydrogens is 118 g/mol. The van der Waals surface area contributed by atoms with Crippen molar-refractivity contribution in [3.05, 3.63) is 0 Å². The Morgan fingerprint density at radius 2 is 1.67 bits per heavy atom. The van der Waals surface area contributed by atoms with Gasteiger partial charge in [-0.2, -0.15) is 0 Å². The van der Waals surface area contributed by atoms with Crippen molar-refractivity contribution in [1.82, 2.24) is 4.90 Å². The van der Waals surface area contributed by atoms with Crippen LogP contribution in [0.25, 0.3) is 0 Å². The highest BCUT2D eigenvalue weighted by molar-refractivity contribution is 5.47. The van der Waals surface area contributed by atoms with Gasteiger partial charge in [-0.25, -0.2) is 0 Å². The van der Waals surface area contributed by atoms with Crippen LogP contribution in [0, 0.1) is 0 Å². The number of hydrogen-bond acceptors (Lipinski definition) is 3. The van der Waals surface area contributed by atoms with Crippen LogP contribution in [0.2, 0.25) is 0 Å². The Hall–Kier alpha value is -0.610. The highest BCUT2D eigenvalue weighted by atomic mass is 16.1. The van der Waals surface area contributed by atoms with Gasteiger partial charge in [0, 0.05) is 26.2 Å². The summed E-state index contributed by atoms with van der Waals surface area (Å²) in [7, 11) is 0. The zero-order chi connectivity index (χ0) is 7.11. The summed E-state index contributed by atoms with van der Waals surface area (Å²) < 4.78 is 0. The lowest BCUT2D eigenvalue weighted by Crippen LogP contribution is -2.32. The van der Waals surface area contributed by atoms with Crippen molar-refractivity contribution < 1.29 is 4.79 Å². The van der Waals surface area contributed by atoms with Crippen molar-refractivity contribution in [3.63, 3.8) is 0 Å². The molecule has 0 saturated heterocycles. The first-order valence-corrected chi connectivity index (χ1v) is 2.88. The molecule has 0 heterocycles. The summed E-state index contributed by atoms with van der Waals surface area (Å²) in [6, 6.07) is 0. The Morgan fingerprint density at radius 3 is 1.89 bits per heavy atom. The summed E-state index contributed by atoms with van der Waals surface area (Å²) in [6.45, 7) is 2.02. The molecule has 4 heteroatoms. The Kier molecular flexibility index (Phi) is 5.15. The molecule has 0 saturated carbocycles. The monoisotopic (exact) mass is 130 g/mol. The number of nitrogens with two attached hydrogens (primary N) is 2. The maximum Gasteiger partial charge on any atom is 0.312 e. The number of rotatable bonds is 5. The molecule has 4 N–H and O–H groups in total. The fourth-order valence-electron chi connectivity index (χ4n) is 0.515. The third-order valence-corrected chi connectivity index (χ3v) is 0.927. The second kappa shape index (κ2) is 5.53. The highest BCUT2D eigenvalue weighted by Gasteiger charge is 1.96. The Bertz CT molecular complexity index is 70.6. The quantitative estimate of drug-likeness (QED) is 0.434. The molecule has 1 amide bonds. The molecule has 0 rings (SSSR count). The smallest absolute Gasteiger partial charge is 0.312 e. The van der Waals surface area contributed by atoms with E-state index in [0.29, 0.717) is 26.2 Å². The second-order valence-electron chi connectivity index (χ2n) is 1.66. The molecule has 0 aliphatic heterocycles. The molecule has 0 aromatic rings. The lowest BCUT2D eigenvalue weighted by atomic mass is 10.5. The molecule has 0 aromatic heterocycles. The van der Waals surface area contributed by atoms with E-state index < -0.39 is 0 Å². The van der Waals surface area contributed by atoms with Crippen LogP contribution in [0.5, 0.6) is 0 Å². The van der Waals surface area contributed by atoms with Crippen molar-refractivity contribution in [2.75, 3.05) is 26.2 Å². The molecule has 0 unspecified atom stereocenters. The van der Waals surface area contributed by atoms with Crippen LogP contribution in [-0.4, -0.2) is 37.5 Å². The normalized spacial score (nSPS) is 9.11. The van der Waals surface area contributed by atoms with Gasteiger partial charge in [-0.15, -0.1) is 0 Å². The van der Waals surface area contributed by atoms with Crippen LogP contribution < -0.4 is 11.5 Å². The first kappa shape index (κ1) is 8.39. The van der Waals surface area contributed by atoms with Crippen LogP contribution in [0.1, 0.15) is 0 Å². The average Bonchev–Trinajstić information content (AvgIpc) is 1.88. The lowest BCUT2D eigenvalue weighted by Gasteiger charge is -2.12. The summed E-state index contributed by atoms with van der Waals surface area (Å²) >= 11 is 0. The van der Waals surface area contributed by atoms with Crippen molar-refractivity contribution in [2.45, 2.75) is 0 Å². The third-order valence-electron chi connectivity index (χ3n) is 0.927. The van der Waals surface area contributed by atoms with E-state index in [0.717, 1.165) is 0 Å². The number of hydrogen-bond donors (Lipinski definition) is 2. The van der Waals surface area contributed by atoms with E-state index in [9.17, 15) is 4.79 Å². The molecule has 53 valence electrons. The van der Waals surface area contributed by atoms with Gasteiger partial charge in [0.1, 0.15) is 0 Å². The molecule has 0 aliphatic rings. The summed E-state index contributed by atoms with van der Waals surface area (Å²) in [5.74, 6) is 0. The van der Waals surface area contributed by atoms with Gasteiger partial charge in [0.25, 0.3) is 0 Å². The largest absolute Gasteiger partial charge is 0.332 e. The summed E-state index contributed by atoms with van der Waals surface area (Å²) in [4.78, 5) is 11.4. The third kappa shape index (κ3) is 3.93. The van der Waals surface area contributed by atoms with Gasteiger partial charge in [0.2, 0.25) is 0 Å². The molecule has 0 fully saturated rings. The van der Waals surface area contributed by atoms with Crippen molar-refractivity contribution >= 4 is 6.41 Å². The van der Waals surface area contributed by atoms with Crippen LogP contribution >= 0.6 is 0 Å². The molecule has 4 nitrogen and oxygen atoms in total. The minimum atomic E-state index is 0.468. The fraction of sp³-hybridized carbons (Fsp3) is 0.800. The van der Waals surface area contributed by atoms with Crippen LogP contribution in [0.15, 0.2) is 0 Å². The minimum Gasteiger partial charge on any atom is -0.332 e. The van der Waals surface area contributed by atoms with E-state index >= 15 is 0 Å². The van der Waals surface area contributed by atoms with Gasteiger partial charge in [0.15, 0.2) is 0 Å². The second-order valence-corrected chi connectivity index (χ2v) is 1.66. The van der Waals surface area contributed by atoms with E-state index in [1.165, 1.54) is 4.90 Å². The predicted octanol–water partition coefficient (Wildman–Crippen LogP) is -1.73. The number of carbonyl (C=O) groups excluding carboxylic acids is 1. The standard InChI is InChI=1S/C5H12N3O/c6-1-3-8(5-9)4-2-7/h1-4,6-7H2. The predicted molar refractivity (Wildman–Crippen MR) is 35.4 cm³/mol. The highest BCUT2D eigenvalue weighted by Crippen LogP contribution is 1.76. The SMILES string of the molecule is NCCN([C]=O)CCN. The molecule has 0 bridgehead atoms. The molecular formula is C5H12N3O. The number of nitrogens with zero attached hydrogens (tertiary/aromatic N) is 1. The Balaban J connectivity index is 3.29. The summed E-state index contributed by atoms with van der Waals surface area (Å²) in [6.07, 6.45) is 1.73. The zero-order valence-corrected chi connectivity index (χ0v) is 5.34. The van der Waals surface area contributed by atoms with E-state index in [4.69, 9.17) is 11.5 Å². The van der Waals surface area contributed by atoms with Crippen LogP contribution in [-0.2, 0) is 4.79 Å². The van der Waals surface area contributed by atoms with Gasteiger partial charge in [-0.05, 0) is 0 Å².